The SMILES string of the molecule is CCC(/C=C\c1ccccc1)=N\Nc1ccc(Cl)c(Cl)c1. The van der Waals surface area contributed by atoms with Crippen LogP contribution in [-0.2, 0) is 0 Å². The van der Waals surface area contributed by atoms with Crippen molar-refractivity contribution < 1.29 is 0 Å². The molecule has 0 amide bonds. The first-order chi connectivity index (χ1) is 10.2. The molecule has 108 valence electrons. The molecule has 0 aliphatic rings. The molecule has 0 aliphatic heterocycles. The van der Waals surface area contributed by atoms with Crippen molar-refractivity contribution in [3.63, 3.8) is 0 Å². The molecule has 0 unspecified atom stereocenters. The van der Waals surface area contributed by atoms with Gasteiger partial charge in [0.15, 0.2) is 0 Å². The second kappa shape index (κ2) is 7.87. The fraction of sp³-hybridized carbons (Fsp3) is 0.118. The summed E-state index contributed by atoms with van der Waals surface area (Å²) in [6.45, 7) is 2.06. The highest BCUT2D eigenvalue weighted by molar-refractivity contribution is 6.42. The standard InChI is InChI=1S/C17H16Cl2N2/c1-2-14(9-8-13-6-4-3-5-7-13)20-21-15-10-11-16(18)17(19)12-15/h3-12,21H,2H2,1H3/b9-8-,20-14+. The molecular formula is C17H16Cl2N2. The van der Waals surface area contributed by atoms with E-state index in [1.54, 1.807) is 12.1 Å². The second-order valence-electron chi connectivity index (χ2n) is 4.44. The van der Waals surface area contributed by atoms with Gasteiger partial charge in [-0.25, -0.2) is 0 Å². The largest absolute Gasteiger partial charge is 0.278 e. The van der Waals surface area contributed by atoms with Crippen LogP contribution in [0.3, 0.4) is 0 Å². The van der Waals surface area contributed by atoms with E-state index in [0.29, 0.717) is 10.0 Å². The van der Waals surface area contributed by atoms with Gasteiger partial charge in [-0.2, -0.15) is 5.10 Å². The molecule has 21 heavy (non-hydrogen) atoms. The molecule has 0 radical (unpaired) electrons. The van der Waals surface area contributed by atoms with Crippen LogP contribution in [0, 0.1) is 0 Å². The number of anilines is 1. The summed E-state index contributed by atoms with van der Waals surface area (Å²) in [6.07, 6.45) is 4.87. The van der Waals surface area contributed by atoms with Gasteiger partial charge in [-0.15, -0.1) is 0 Å². The third-order valence-electron chi connectivity index (χ3n) is 2.88. The van der Waals surface area contributed by atoms with E-state index in [1.807, 2.05) is 36.4 Å². The van der Waals surface area contributed by atoms with Gasteiger partial charge >= 0.3 is 0 Å². The number of hydrazone groups is 1. The van der Waals surface area contributed by atoms with E-state index in [-0.39, 0.29) is 0 Å². The monoisotopic (exact) mass is 318 g/mol. The molecule has 1 N–H and O–H groups in total. The van der Waals surface area contributed by atoms with Gasteiger partial charge < -0.3 is 0 Å². The highest BCUT2D eigenvalue weighted by atomic mass is 35.5. The Balaban J connectivity index is 2.06. The molecule has 2 nitrogen and oxygen atoms in total. The Hall–Kier alpha value is -1.77. The maximum atomic E-state index is 5.97. The summed E-state index contributed by atoms with van der Waals surface area (Å²) in [5.41, 5.74) is 5.90. The zero-order valence-electron chi connectivity index (χ0n) is 11.7. The van der Waals surface area contributed by atoms with Gasteiger partial charge in [0.05, 0.1) is 21.4 Å². The predicted molar refractivity (Wildman–Crippen MR) is 93.3 cm³/mol. The molecule has 0 saturated carbocycles. The minimum atomic E-state index is 0.509. The summed E-state index contributed by atoms with van der Waals surface area (Å²) in [4.78, 5) is 0. The molecule has 4 heteroatoms. The van der Waals surface area contributed by atoms with Crippen molar-refractivity contribution >= 4 is 40.7 Å². The van der Waals surface area contributed by atoms with Crippen LogP contribution >= 0.6 is 23.2 Å². The first-order valence-electron chi connectivity index (χ1n) is 6.70. The Morgan fingerprint density at radius 1 is 1.10 bits per heavy atom. The lowest BCUT2D eigenvalue weighted by Gasteiger charge is -2.04. The van der Waals surface area contributed by atoms with E-state index in [9.17, 15) is 0 Å². The van der Waals surface area contributed by atoms with Crippen LogP contribution in [0.1, 0.15) is 18.9 Å². The number of nitrogens with zero attached hydrogens (tertiary/aromatic N) is 1. The predicted octanol–water partition coefficient (Wildman–Crippen LogP) is 5.88. The number of nitrogens with one attached hydrogen (secondary N) is 1. The Kier molecular flexibility index (Phi) is 5.85. The summed E-state index contributed by atoms with van der Waals surface area (Å²) < 4.78 is 0. The molecule has 2 rings (SSSR count). The van der Waals surface area contributed by atoms with Gasteiger partial charge in [0.2, 0.25) is 0 Å². The summed E-state index contributed by atoms with van der Waals surface area (Å²) in [5.74, 6) is 0. The van der Waals surface area contributed by atoms with Crippen LogP contribution in [-0.4, -0.2) is 5.71 Å². The van der Waals surface area contributed by atoms with Crippen molar-refractivity contribution in [2.45, 2.75) is 13.3 Å². The molecule has 0 heterocycles. The number of hydrogen-bond acceptors (Lipinski definition) is 2. The van der Waals surface area contributed by atoms with Gasteiger partial charge in [0.1, 0.15) is 0 Å². The molecule has 0 atom stereocenters. The quantitative estimate of drug-likeness (QED) is 0.540. The number of benzene rings is 2. The highest BCUT2D eigenvalue weighted by Crippen LogP contribution is 2.24. The maximum absolute atomic E-state index is 5.97. The maximum Gasteiger partial charge on any atom is 0.0613 e. The average Bonchev–Trinajstić information content (AvgIpc) is 2.52. The van der Waals surface area contributed by atoms with E-state index in [0.717, 1.165) is 23.4 Å². The lowest BCUT2D eigenvalue weighted by molar-refractivity contribution is 1.23. The first-order valence-corrected chi connectivity index (χ1v) is 7.45. The summed E-state index contributed by atoms with van der Waals surface area (Å²) in [7, 11) is 0. The summed E-state index contributed by atoms with van der Waals surface area (Å²) in [5, 5.41) is 5.42. The van der Waals surface area contributed by atoms with Crippen LogP contribution in [0.15, 0.2) is 59.7 Å². The molecule has 2 aromatic rings. The number of rotatable bonds is 5. The summed E-state index contributed by atoms with van der Waals surface area (Å²) in [6, 6.07) is 15.5. The third-order valence-corrected chi connectivity index (χ3v) is 3.62. The molecule has 0 bridgehead atoms. The van der Waals surface area contributed by atoms with E-state index in [1.165, 1.54) is 0 Å². The van der Waals surface area contributed by atoms with Gasteiger partial charge in [0, 0.05) is 0 Å². The van der Waals surface area contributed by atoms with Crippen molar-refractivity contribution in [2.75, 3.05) is 5.43 Å². The fourth-order valence-electron chi connectivity index (χ4n) is 1.69. The lowest BCUT2D eigenvalue weighted by Crippen LogP contribution is -1.97. The Morgan fingerprint density at radius 3 is 2.52 bits per heavy atom. The van der Waals surface area contributed by atoms with E-state index < -0.39 is 0 Å². The van der Waals surface area contributed by atoms with Crippen LogP contribution in [0.2, 0.25) is 10.0 Å². The van der Waals surface area contributed by atoms with Gasteiger partial charge in [-0.3, -0.25) is 5.43 Å². The normalized spacial score (nSPS) is 11.9. The molecule has 0 fully saturated rings. The zero-order chi connectivity index (χ0) is 15.1. The van der Waals surface area contributed by atoms with Gasteiger partial charge in [-0.05, 0) is 36.3 Å². The zero-order valence-corrected chi connectivity index (χ0v) is 13.2. The van der Waals surface area contributed by atoms with Crippen molar-refractivity contribution in [1.82, 2.24) is 0 Å². The van der Waals surface area contributed by atoms with Gasteiger partial charge in [0.25, 0.3) is 0 Å². The summed E-state index contributed by atoms with van der Waals surface area (Å²) >= 11 is 11.9. The van der Waals surface area contributed by atoms with Crippen LogP contribution in [0.25, 0.3) is 6.08 Å². The Labute approximate surface area is 135 Å². The Bertz CT molecular complexity index is 649. The number of hydrogen-bond donors (Lipinski definition) is 1. The Morgan fingerprint density at radius 2 is 1.86 bits per heavy atom. The van der Waals surface area contributed by atoms with E-state index in [4.69, 9.17) is 23.2 Å². The average molecular weight is 319 g/mol. The molecule has 0 spiro atoms. The van der Waals surface area contributed by atoms with E-state index >= 15 is 0 Å². The molecule has 0 aliphatic carbocycles. The second-order valence-corrected chi connectivity index (χ2v) is 5.26. The topological polar surface area (TPSA) is 24.4 Å². The van der Waals surface area contributed by atoms with Crippen molar-refractivity contribution in [3.8, 4) is 0 Å². The highest BCUT2D eigenvalue weighted by Gasteiger charge is 1.98. The number of halogens is 2. The smallest absolute Gasteiger partial charge is 0.0613 e. The van der Waals surface area contributed by atoms with Gasteiger partial charge in [-0.1, -0.05) is 66.5 Å². The van der Waals surface area contributed by atoms with Crippen LogP contribution in [0.4, 0.5) is 5.69 Å². The minimum Gasteiger partial charge on any atom is -0.278 e. The minimum absolute atomic E-state index is 0.509. The number of allylic oxidation sites excluding steroid dienone is 1. The fourth-order valence-corrected chi connectivity index (χ4v) is 1.99. The van der Waals surface area contributed by atoms with Crippen LogP contribution in [0.5, 0.6) is 0 Å². The molecule has 0 aromatic heterocycles. The third kappa shape index (κ3) is 4.92. The molecule has 2 aromatic carbocycles. The first kappa shape index (κ1) is 15.6. The molecular weight excluding hydrogens is 303 g/mol. The van der Waals surface area contributed by atoms with Crippen LogP contribution < -0.4 is 5.43 Å². The van der Waals surface area contributed by atoms with Crippen molar-refractivity contribution in [3.05, 3.63) is 70.2 Å². The molecule has 0 saturated heterocycles. The van der Waals surface area contributed by atoms with Crippen molar-refractivity contribution in [2.24, 2.45) is 5.10 Å². The van der Waals surface area contributed by atoms with Crippen molar-refractivity contribution in [1.29, 1.82) is 0 Å². The lowest BCUT2D eigenvalue weighted by atomic mass is 10.2. The van der Waals surface area contributed by atoms with E-state index in [2.05, 4.69) is 29.6 Å².